The molecule has 0 amide bonds. The lowest BCUT2D eigenvalue weighted by molar-refractivity contribution is 0.490. The maximum Gasteiger partial charge on any atom is 0.0408 e. The van der Waals surface area contributed by atoms with E-state index in [1.54, 1.807) is 0 Å². The monoisotopic (exact) mass is 286 g/mol. The fraction of sp³-hybridized carbons (Fsp3) is 0.538. The first-order valence-electron chi connectivity index (χ1n) is 5.55. The molecule has 2 rings (SSSR count). The van der Waals surface area contributed by atoms with Crippen LogP contribution in [0.5, 0.6) is 0 Å². The molecule has 0 aliphatic heterocycles. The van der Waals surface area contributed by atoms with Crippen LogP contribution >= 0.6 is 27.5 Å². The number of hydrogen-bond donors (Lipinski definition) is 0. The van der Waals surface area contributed by atoms with E-state index in [9.17, 15) is 0 Å². The quantitative estimate of drug-likeness (QED) is 0.705. The van der Waals surface area contributed by atoms with Gasteiger partial charge in [-0.05, 0) is 48.8 Å². The Morgan fingerprint density at radius 2 is 2.20 bits per heavy atom. The molecule has 1 aromatic carbocycles. The number of rotatable bonds is 4. The Hall–Kier alpha value is -0.0100. The highest BCUT2D eigenvalue weighted by Gasteiger charge is 2.31. The van der Waals surface area contributed by atoms with E-state index >= 15 is 0 Å². The van der Waals surface area contributed by atoms with Gasteiger partial charge < -0.3 is 0 Å². The van der Waals surface area contributed by atoms with E-state index in [1.807, 2.05) is 12.1 Å². The molecule has 1 aromatic rings. The maximum absolute atomic E-state index is 5.97. The van der Waals surface area contributed by atoms with Gasteiger partial charge in [0.15, 0.2) is 0 Å². The summed E-state index contributed by atoms with van der Waals surface area (Å²) in [6.45, 7) is 2.35. The van der Waals surface area contributed by atoms with Gasteiger partial charge in [-0.15, -0.1) is 0 Å². The lowest BCUT2D eigenvalue weighted by Gasteiger charge is -2.17. The average molecular weight is 288 g/mol. The van der Waals surface area contributed by atoms with Crippen LogP contribution in [0, 0.1) is 11.8 Å². The summed E-state index contributed by atoms with van der Waals surface area (Å²) in [5.41, 5.74) is 1.33. The number of halogens is 2. The van der Waals surface area contributed by atoms with Crippen molar-refractivity contribution in [2.45, 2.75) is 31.0 Å². The van der Waals surface area contributed by atoms with Crippen molar-refractivity contribution in [2.75, 3.05) is 0 Å². The fourth-order valence-corrected chi connectivity index (χ4v) is 3.01. The van der Waals surface area contributed by atoms with E-state index in [1.165, 1.54) is 18.4 Å². The molecule has 1 aliphatic rings. The summed E-state index contributed by atoms with van der Waals surface area (Å²) in [5.74, 6) is 1.73. The summed E-state index contributed by atoms with van der Waals surface area (Å²) >= 11 is 9.77. The van der Waals surface area contributed by atoms with Crippen LogP contribution in [0.15, 0.2) is 24.3 Å². The van der Waals surface area contributed by atoms with Gasteiger partial charge in [-0.3, -0.25) is 0 Å². The van der Waals surface area contributed by atoms with Crippen molar-refractivity contribution in [3.05, 3.63) is 34.9 Å². The summed E-state index contributed by atoms with van der Waals surface area (Å²) in [7, 11) is 0. The van der Waals surface area contributed by atoms with Crippen molar-refractivity contribution in [3.8, 4) is 0 Å². The van der Waals surface area contributed by atoms with Gasteiger partial charge in [0.2, 0.25) is 0 Å². The van der Waals surface area contributed by atoms with Gasteiger partial charge in [0, 0.05) is 9.85 Å². The molecule has 2 atom stereocenters. The van der Waals surface area contributed by atoms with Crippen LogP contribution in [-0.2, 0) is 6.42 Å². The zero-order valence-corrected chi connectivity index (χ0v) is 11.3. The van der Waals surface area contributed by atoms with Gasteiger partial charge in [-0.25, -0.2) is 0 Å². The zero-order chi connectivity index (χ0) is 10.8. The third-order valence-electron chi connectivity index (χ3n) is 3.26. The maximum atomic E-state index is 5.97. The molecule has 2 heteroatoms. The highest BCUT2D eigenvalue weighted by atomic mass is 79.9. The lowest BCUT2D eigenvalue weighted by Crippen LogP contribution is -2.15. The molecular weight excluding hydrogens is 272 g/mol. The van der Waals surface area contributed by atoms with Gasteiger partial charge in [0.1, 0.15) is 0 Å². The molecule has 15 heavy (non-hydrogen) atoms. The van der Waals surface area contributed by atoms with Crippen molar-refractivity contribution >= 4 is 27.5 Å². The Bertz CT molecular complexity index is 333. The molecule has 0 radical (unpaired) electrons. The molecule has 1 fully saturated rings. The van der Waals surface area contributed by atoms with E-state index in [4.69, 9.17) is 11.6 Å². The third-order valence-corrected chi connectivity index (χ3v) is 4.65. The Balaban J connectivity index is 1.95. The summed E-state index contributed by atoms with van der Waals surface area (Å²) < 4.78 is 0. The molecular formula is C13H16BrCl. The van der Waals surface area contributed by atoms with Crippen LogP contribution in [0.4, 0.5) is 0 Å². The summed E-state index contributed by atoms with van der Waals surface area (Å²) in [6, 6.07) is 8.17. The normalized spacial score (nSPS) is 19.9. The number of benzene rings is 1. The largest absolute Gasteiger partial charge is 0.0884 e. The number of hydrogen-bond acceptors (Lipinski definition) is 0. The van der Waals surface area contributed by atoms with Crippen molar-refractivity contribution < 1.29 is 0 Å². The molecule has 0 saturated heterocycles. The van der Waals surface area contributed by atoms with Crippen LogP contribution < -0.4 is 0 Å². The molecule has 0 spiro atoms. The predicted molar refractivity (Wildman–Crippen MR) is 69.8 cm³/mol. The first-order valence-corrected chi connectivity index (χ1v) is 6.84. The van der Waals surface area contributed by atoms with Gasteiger partial charge in [0.25, 0.3) is 0 Å². The van der Waals surface area contributed by atoms with E-state index in [0.717, 1.165) is 23.3 Å². The van der Waals surface area contributed by atoms with Crippen LogP contribution in [-0.4, -0.2) is 4.83 Å². The first kappa shape index (κ1) is 11.5. The molecule has 0 bridgehead atoms. The summed E-state index contributed by atoms with van der Waals surface area (Å²) in [4.78, 5) is 0.587. The molecule has 0 nitrogen and oxygen atoms in total. The van der Waals surface area contributed by atoms with Crippen molar-refractivity contribution in [1.82, 2.24) is 0 Å². The molecule has 1 aliphatic carbocycles. The Morgan fingerprint density at radius 1 is 1.47 bits per heavy atom. The second-order valence-electron chi connectivity index (χ2n) is 4.55. The van der Waals surface area contributed by atoms with Crippen LogP contribution in [0.3, 0.4) is 0 Å². The molecule has 0 N–H and O–H groups in total. The third kappa shape index (κ3) is 3.22. The molecule has 0 aromatic heterocycles. The van der Waals surface area contributed by atoms with Gasteiger partial charge in [-0.1, -0.05) is 46.6 Å². The topological polar surface area (TPSA) is 0 Å². The Kier molecular flexibility index (Phi) is 3.73. The average Bonchev–Trinajstić information content (AvgIpc) is 2.99. The fourth-order valence-electron chi connectivity index (χ4n) is 1.99. The smallest absolute Gasteiger partial charge is 0.0408 e. The van der Waals surface area contributed by atoms with Crippen LogP contribution in [0.1, 0.15) is 25.3 Å². The Labute approximate surface area is 105 Å². The van der Waals surface area contributed by atoms with E-state index in [0.29, 0.717) is 4.83 Å². The highest BCUT2D eigenvalue weighted by molar-refractivity contribution is 9.09. The minimum Gasteiger partial charge on any atom is -0.0884 e. The molecule has 0 heterocycles. The van der Waals surface area contributed by atoms with Crippen molar-refractivity contribution in [1.29, 1.82) is 0 Å². The minimum atomic E-state index is 0.587. The van der Waals surface area contributed by atoms with E-state index in [-0.39, 0.29) is 0 Å². The minimum absolute atomic E-state index is 0.587. The van der Waals surface area contributed by atoms with Crippen molar-refractivity contribution in [2.24, 2.45) is 11.8 Å². The predicted octanol–water partition coefficient (Wildman–Crippen LogP) is 4.69. The Morgan fingerprint density at radius 3 is 2.80 bits per heavy atom. The SMILES string of the molecule is CC(C(Br)Cc1cccc(Cl)c1)C1CC1. The standard InChI is InChI=1S/C13H16BrCl/c1-9(11-5-6-11)13(14)8-10-3-2-4-12(15)7-10/h2-4,7,9,11,13H,5-6,8H2,1H3. The first-order chi connectivity index (χ1) is 7.16. The van der Waals surface area contributed by atoms with E-state index < -0.39 is 0 Å². The second-order valence-corrected chi connectivity index (χ2v) is 6.16. The lowest BCUT2D eigenvalue weighted by atomic mass is 9.97. The molecule has 1 saturated carbocycles. The van der Waals surface area contributed by atoms with E-state index in [2.05, 4.69) is 35.0 Å². The highest BCUT2D eigenvalue weighted by Crippen LogP contribution is 2.40. The van der Waals surface area contributed by atoms with Crippen LogP contribution in [0.2, 0.25) is 5.02 Å². The van der Waals surface area contributed by atoms with Gasteiger partial charge in [-0.2, -0.15) is 0 Å². The number of alkyl halides is 1. The molecule has 82 valence electrons. The van der Waals surface area contributed by atoms with Gasteiger partial charge in [0.05, 0.1) is 0 Å². The van der Waals surface area contributed by atoms with Gasteiger partial charge >= 0.3 is 0 Å². The van der Waals surface area contributed by atoms with Crippen molar-refractivity contribution in [3.63, 3.8) is 0 Å². The zero-order valence-electron chi connectivity index (χ0n) is 8.92. The van der Waals surface area contributed by atoms with Crippen LogP contribution in [0.25, 0.3) is 0 Å². The summed E-state index contributed by atoms with van der Waals surface area (Å²) in [5, 5.41) is 0.839. The summed E-state index contributed by atoms with van der Waals surface area (Å²) in [6.07, 6.45) is 3.91. The second kappa shape index (κ2) is 4.88. The molecule has 2 unspecified atom stereocenters.